The molecule has 0 aliphatic heterocycles. The largest absolute Gasteiger partial charge is 2.00 e. The average molecular weight is 746 g/mol. The van der Waals surface area contributed by atoms with Crippen molar-refractivity contribution in [1.82, 2.24) is 23.5 Å². The Kier molecular flexibility index (Phi) is 6.62. The van der Waals surface area contributed by atoms with Gasteiger partial charge in [-0.25, -0.2) is 4.98 Å². The van der Waals surface area contributed by atoms with Gasteiger partial charge in [-0.1, -0.05) is 77.1 Å². The van der Waals surface area contributed by atoms with Gasteiger partial charge in [0.1, 0.15) is 5.65 Å². The number of hydrogen-bond donors (Lipinski definition) is 0. The third-order valence-corrected chi connectivity index (χ3v) is 9.78. The molecule has 5 heterocycles. The second-order valence-corrected chi connectivity index (χ2v) is 12.5. The number of para-hydroxylation sites is 3. The van der Waals surface area contributed by atoms with Gasteiger partial charge >= 0.3 is 20.4 Å². The summed E-state index contributed by atoms with van der Waals surface area (Å²) in [4.78, 5) is 9.56. The summed E-state index contributed by atoms with van der Waals surface area (Å²) in [5, 5.41) is 7.71. The minimum absolute atomic E-state index is 0. The molecule has 0 unspecified atom stereocenters. The normalized spacial score (nSPS) is 11.8. The van der Waals surface area contributed by atoms with Gasteiger partial charge in [-0.3, -0.25) is 4.98 Å². The van der Waals surface area contributed by atoms with E-state index in [1.54, 1.807) is 0 Å². The summed E-state index contributed by atoms with van der Waals surface area (Å²) in [5.41, 5.74) is 8.17. The second-order valence-electron chi connectivity index (χ2n) is 12.5. The van der Waals surface area contributed by atoms with Gasteiger partial charge in [-0.15, -0.1) is 30.3 Å². The van der Waals surface area contributed by atoms with E-state index in [9.17, 15) is 0 Å². The molecule has 7 heteroatoms. The van der Waals surface area contributed by atoms with Crippen LogP contribution in [0.15, 0.2) is 152 Å². The predicted octanol–water partition coefficient (Wildman–Crippen LogP) is 10.6. The molecule has 0 fully saturated rings. The first-order valence-corrected chi connectivity index (χ1v) is 16.6. The third kappa shape index (κ3) is 4.39. The molecule has 0 saturated heterocycles. The Bertz CT molecular complexity index is 3140. The molecule has 0 atom stereocenters. The van der Waals surface area contributed by atoms with E-state index in [0.717, 1.165) is 66.2 Å². The first-order chi connectivity index (χ1) is 24.8. The van der Waals surface area contributed by atoms with Crippen molar-refractivity contribution in [2.45, 2.75) is 0 Å². The number of imidazole rings is 1. The number of rotatable bonds is 4. The number of nitrogens with zero attached hydrogens (tertiary/aromatic N) is 5. The van der Waals surface area contributed by atoms with E-state index in [2.05, 4.69) is 140 Å². The second kappa shape index (κ2) is 11.4. The van der Waals surface area contributed by atoms with Crippen LogP contribution in [0.25, 0.3) is 82.4 Å². The van der Waals surface area contributed by atoms with Crippen molar-refractivity contribution in [2.24, 2.45) is 0 Å². The molecule has 0 saturated carbocycles. The van der Waals surface area contributed by atoms with E-state index < -0.39 is 0 Å². The maximum absolute atomic E-state index is 6.48. The number of aromatic nitrogens is 5. The summed E-state index contributed by atoms with van der Waals surface area (Å²) >= 11 is 0. The summed E-state index contributed by atoms with van der Waals surface area (Å²) in [6.45, 7) is 0. The van der Waals surface area contributed by atoms with Crippen molar-refractivity contribution < 1.29 is 25.2 Å². The molecule has 0 spiro atoms. The minimum Gasteiger partial charge on any atom is -0.503 e. The summed E-state index contributed by atoms with van der Waals surface area (Å²) in [6, 6.07) is 53.4. The van der Waals surface area contributed by atoms with Crippen LogP contribution in [0.1, 0.15) is 0 Å². The maximum Gasteiger partial charge on any atom is 2.00 e. The minimum atomic E-state index is 0. The molecule has 51 heavy (non-hydrogen) atoms. The molecule has 0 N–H and O–H groups in total. The van der Waals surface area contributed by atoms with Crippen LogP contribution in [0.4, 0.5) is 0 Å². The van der Waals surface area contributed by atoms with Gasteiger partial charge in [0.05, 0.1) is 22.2 Å². The van der Waals surface area contributed by atoms with Crippen LogP contribution in [0.3, 0.4) is 0 Å². The first kappa shape index (κ1) is 29.6. The Morgan fingerprint density at radius 3 is 2.02 bits per heavy atom. The average Bonchev–Trinajstić information content (AvgIpc) is 3.88. The monoisotopic (exact) mass is 745 g/mol. The van der Waals surface area contributed by atoms with Crippen molar-refractivity contribution in [2.75, 3.05) is 0 Å². The number of hydrogen-bond acceptors (Lipinski definition) is 3. The van der Waals surface area contributed by atoms with E-state index in [0.29, 0.717) is 11.5 Å². The van der Waals surface area contributed by atoms with Crippen LogP contribution in [0.5, 0.6) is 11.5 Å². The number of pyridine rings is 2. The van der Waals surface area contributed by atoms with E-state index in [-0.39, 0.29) is 20.4 Å². The maximum atomic E-state index is 6.48. The molecule has 0 aliphatic rings. The van der Waals surface area contributed by atoms with Gasteiger partial charge in [0.25, 0.3) is 0 Å². The molecule has 11 rings (SSSR count). The SMILES string of the molecule is [Pd+2].[c-]1c(Oc2[c-]c3c(cc2)c2ccccc2n2ccnc32)cccc1-n1c2cc3c4ccccc4n(-c4ccccc4)c3cc2c2cccnc21. The fraction of sp³-hybridized carbons (Fsp3) is 0. The van der Waals surface area contributed by atoms with Gasteiger partial charge in [0, 0.05) is 62.8 Å². The summed E-state index contributed by atoms with van der Waals surface area (Å²) in [6.07, 6.45) is 5.66. The molecule has 5 aromatic heterocycles. The van der Waals surface area contributed by atoms with Crippen LogP contribution in [0.2, 0.25) is 0 Å². The summed E-state index contributed by atoms with van der Waals surface area (Å²) in [7, 11) is 0. The van der Waals surface area contributed by atoms with Crippen molar-refractivity contribution in [3.8, 4) is 22.9 Å². The Balaban J connectivity index is 0.00000327. The summed E-state index contributed by atoms with van der Waals surface area (Å²) < 4.78 is 13.1. The Hall–Kier alpha value is -6.26. The standard InChI is InChI=1S/C44H25N5O.Pd/c1-2-10-28(11-3-1)48-40-18-7-5-15-34(40)36-26-42-37(27-41(36)48)35-16-9-21-45-44(35)49(42)29-12-8-13-30(24-29)50-31-19-20-32-33-14-4-6-17-39(33)47-23-22-46-43(47)38(32)25-31;/h1-23,26-27H;/q-2;+2. The fourth-order valence-electron chi connectivity index (χ4n) is 7.68. The molecule has 0 radical (unpaired) electrons. The molecule has 0 bridgehead atoms. The van der Waals surface area contributed by atoms with E-state index in [1.165, 1.54) is 16.3 Å². The molecule has 6 aromatic carbocycles. The molecular formula is C44H25N5OPd. The Labute approximate surface area is 305 Å². The predicted molar refractivity (Wildman–Crippen MR) is 201 cm³/mol. The van der Waals surface area contributed by atoms with Crippen molar-refractivity contribution >= 4 is 71.1 Å². The van der Waals surface area contributed by atoms with E-state index in [1.807, 2.05) is 42.9 Å². The van der Waals surface area contributed by atoms with Crippen LogP contribution in [-0.4, -0.2) is 23.5 Å². The zero-order valence-corrected chi connectivity index (χ0v) is 28.4. The van der Waals surface area contributed by atoms with Gasteiger partial charge in [0.2, 0.25) is 0 Å². The molecule has 0 aliphatic carbocycles. The quantitative estimate of drug-likeness (QED) is 0.102. The van der Waals surface area contributed by atoms with E-state index >= 15 is 0 Å². The van der Waals surface area contributed by atoms with Crippen LogP contribution < -0.4 is 4.74 Å². The molecule has 0 amide bonds. The smallest absolute Gasteiger partial charge is 0.503 e. The van der Waals surface area contributed by atoms with E-state index in [4.69, 9.17) is 9.72 Å². The number of ether oxygens (including phenoxy) is 1. The van der Waals surface area contributed by atoms with Gasteiger partial charge < -0.3 is 18.3 Å². The number of fused-ring (bicyclic) bond motifs is 12. The van der Waals surface area contributed by atoms with Crippen molar-refractivity contribution in [3.05, 3.63) is 164 Å². The van der Waals surface area contributed by atoms with Crippen molar-refractivity contribution in [1.29, 1.82) is 0 Å². The zero-order valence-electron chi connectivity index (χ0n) is 26.9. The van der Waals surface area contributed by atoms with Crippen LogP contribution in [-0.2, 0) is 20.4 Å². The Morgan fingerprint density at radius 1 is 0.471 bits per heavy atom. The third-order valence-electron chi connectivity index (χ3n) is 9.78. The van der Waals surface area contributed by atoms with Crippen molar-refractivity contribution in [3.63, 3.8) is 0 Å². The fourth-order valence-corrected chi connectivity index (χ4v) is 7.68. The van der Waals surface area contributed by atoms with Crippen LogP contribution >= 0.6 is 0 Å². The Morgan fingerprint density at radius 2 is 1.16 bits per heavy atom. The van der Waals surface area contributed by atoms with Gasteiger partial charge in [-0.05, 0) is 53.9 Å². The topological polar surface area (TPSA) is 49.3 Å². The first-order valence-electron chi connectivity index (χ1n) is 16.6. The summed E-state index contributed by atoms with van der Waals surface area (Å²) in [5.74, 6) is 1.19. The molecule has 6 nitrogen and oxygen atoms in total. The molecule has 242 valence electrons. The zero-order chi connectivity index (χ0) is 32.8. The van der Waals surface area contributed by atoms with Gasteiger partial charge in [0.15, 0.2) is 0 Å². The molecule has 11 aromatic rings. The molecular weight excluding hydrogens is 721 g/mol. The van der Waals surface area contributed by atoms with Gasteiger partial charge in [-0.2, -0.15) is 6.07 Å². The number of benzene rings is 6. The van der Waals surface area contributed by atoms with Crippen LogP contribution in [0, 0.1) is 12.1 Å².